The lowest BCUT2D eigenvalue weighted by atomic mass is 10.1. The first-order valence-electron chi connectivity index (χ1n) is 5.55. The zero-order valence-corrected chi connectivity index (χ0v) is 10.4. The molecule has 0 heterocycles. The number of benzene rings is 1. The van der Waals surface area contributed by atoms with Gasteiger partial charge in [-0.1, -0.05) is 12.1 Å². The molecule has 0 amide bonds. The minimum atomic E-state index is -3.56. The largest absolute Gasteiger partial charge is 0.481 e. The fraction of sp³-hybridized carbons (Fsp3) is 0.364. The van der Waals surface area contributed by atoms with Crippen LogP contribution in [-0.2, 0) is 21.4 Å². The number of carbonyl (C=O) groups is 1. The molecule has 6 nitrogen and oxygen atoms in total. The molecule has 0 saturated heterocycles. The quantitative estimate of drug-likeness (QED) is 0.710. The highest BCUT2D eigenvalue weighted by atomic mass is 32.2. The molecule has 0 aliphatic heterocycles. The predicted octanol–water partition coefficient (Wildman–Crippen LogP) is 0.722. The van der Waals surface area contributed by atoms with E-state index >= 15 is 0 Å². The molecule has 1 aliphatic rings. The van der Waals surface area contributed by atoms with E-state index < -0.39 is 16.2 Å². The van der Waals surface area contributed by atoms with Crippen LogP contribution in [0.4, 0.5) is 5.69 Å². The van der Waals surface area contributed by atoms with Crippen LogP contribution in [0.3, 0.4) is 0 Å². The molecule has 1 aromatic carbocycles. The molecule has 0 atom stereocenters. The number of hydrogen-bond donors (Lipinski definition) is 3. The van der Waals surface area contributed by atoms with Gasteiger partial charge in [-0.2, -0.15) is 13.1 Å². The van der Waals surface area contributed by atoms with Gasteiger partial charge in [-0.25, -0.2) is 0 Å². The Labute approximate surface area is 105 Å². The summed E-state index contributed by atoms with van der Waals surface area (Å²) in [5.41, 5.74) is 0.913. The lowest BCUT2D eigenvalue weighted by Crippen LogP contribution is -2.31. The molecule has 18 heavy (non-hydrogen) atoms. The molecule has 98 valence electrons. The lowest BCUT2D eigenvalue weighted by Gasteiger charge is -2.09. The number of anilines is 1. The number of rotatable bonds is 6. The first kappa shape index (κ1) is 12.8. The minimum Gasteiger partial charge on any atom is -0.481 e. The standard InChI is InChI=1S/C11H14N2O4S/c14-11(15)7-8-2-1-3-10(6-8)13-18(16,17)12-9-4-5-9/h1-3,6,9,12-13H,4-5,7H2,(H,14,15). The van der Waals surface area contributed by atoms with Crippen LogP contribution in [0, 0.1) is 0 Å². The molecule has 0 bridgehead atoms. The molecule has 1 saturated carbocycles. The molecule has 1 fully saturated rings. The van der Waals surface area contributed by atoms with Crippen LogP contribution in [0.1, 0.15) is 18.4 Å². The van der Waals surface area contributed by atoms with E-state index in [1.807, 2.05) is 0 Å². The highest BCUT2D eigenvalue weighted by molar-refractivity contribution is 7.90. The van der Waals surface area contributed by atoms with Crippen molar-refractivity contribution in [2.45, 2.75) is 25.3 Å². The maximum absolute atomic E-state index is 11.6. The topological polar surface area (TPSA) is 95.5 Å². The molecule has 0 spiro atoms. The summed E-state index contributed by atoms with van der Waals surface area (Å²) < 4.78 is 28.1. The van der Waals surface area contributed by atoms with E-state index in [0.717, 1.165) is 12.8 Å². The number of aliphatic carboxylic acids is 1. The predicted molar refractivity (Wildman–Crippen MR) is 66.5 cm³/mol. The molecule has 1 aliphatic carbocycles. The fourth-order valence-electron chi connectivity index (χ4n) is 1.52. The van der Waals surface area contributed by atoms with Crippen molar-refractivity contribution < 1.29 is 18.3 Å². The third-order valence-corrected chi connectivity index (χ3v) is 3.58. The third kappa shape index (κ3) is 4.01. The summed E-state index contributed by atoms with van der Waals surface area (Å²) in [6.07, 6.45) is 1.59. The first-order valence-corrected chi connectivity index (χ1v) is 7.04. The Hall–Kier alpha value is -1.60. The Morgan fingerprint density at radius 2 is 2.11 bits per heavy atom. The van der Waals surface area contributed by atoms with Crippen molar-refractivity contribution in [2.75, 3.05) is 4.72 Å². The number of carboxylic acid groups (broad SMARTS) is 1. The SMILES string of the molecule is O=C(O)Cc1cccc(NS(=O)(=O)NC2CC2)c1. The smallest absolute Gasteiger partial charge is 0.307 e. The molecule has 1 aromatic rings. The minimum absolute atomic E-state index is 0.0321. The van der Waals surface area contributed by atoms with Gasteiger partial charge in [-0.15, -0.1) is 0 Å². The Morgan fingerprint density at radius 3 is 2.72 bits per heavy atom. The maximum Gasteiger partial charge on any atom is 0.307 e. The second-order valence-corrected chi connectivity index (χ2v) is 5.72. The molecular formula is C11H14N2O4S. The maximum atomic E-state index is 11.6. The van der Waals surface area contributed by atoms with Crippen molar-refractivity contribution in [3.63, 3.8) is 0 Å². The van der Waals surface area contributed by atoms with E-state index in [4.69, 9.17) is 5.11 Å². The number of nitrogens with one attached hydrogen (secondary N) is 2. The van der Waals surface area contributed by atoms with Crippen LogP contribution in [0.15, 0.2) is 24.3 Å². The average Bonchev–Trinajstić information content (AvgIpc) is 2.99. The summed E-state index contributed by atoms with van der Waals surface area (Å²) in [7, 11) is -3.56. The van der Waals surface area contributed by atoms with Crippen LogP contribution >= 0.6 is 0 Å². The summed E-state index contributed by atoms with van der Waals surface area (Å²) in [5, 5.41) is 8.67. The Bertz CT molecular complexity index is 552. The van der Waals surface area contributed by atoms with Gasteiger partial charge in [0.05, 0.1) is 12.1 Å². The van der Waals surface area contributed by atoms with Crippen LogP contribution in [-0.4, -0.2) is 25.5 Å². The van der Waals surface area contributed by atoms with Crippen LogP contribution in [0.2, 0.25) is 0 Å². The molecule has 0 aromatic heterocycles. The fourth-order valence-corrected chi connectivity index (χ4v) is 2.70. The van der Waals surface area contributed by atoms with Gasteiger partial charge in [0.1, 0.15) is 0 Å². The Balaban J connectivity index is 2.06. The second-order valence-electron chi connectivity index (χ2n) is 4.27. The lowest BCUT2D eigenvalue weighted by molar-refractivity contribution is -0.136. The van der Waals surface area contributed by atoms with E-state index in [-0.39, 0.29) is 12.5 Å². The van der Waals surface area contributed by atoms with Gasteiger partial charge < -0.3 is 5.11 Å². The second kappa shape index (κ2) is 4.95. The summed E-state index contributed by atoms with van der Waals surface area (Å²) in [6, 6.07) is 6.38. The van der Waals surface area contributed by atoms with E-state index in [9.17, 15) is 13.2 Å². The summed E-state index contributed by atoms with van der Waals surface area (Å²) in [5.74, 6) is -0.953. The Morgan fingerprint density at radius 1 is 1.39 bits per heavy atom. The van der Waals surface area contributed by atoms with Gasteiger partial charge in [0.25, 0.3) is 10.2 Å². The van der Waals surface area contributed by atoms with Crippen molar-refractivity contribution in [1.82, 2.24) is 4.72 Å². The summed E-state index contributed by atoms with van der Waals surface area (Å²) >= 11 is 0. The van der Waals surface area contributed by atoms with Crippen LogP contribution < -0.4 is 9.44 Å². The van der Waals surface area contributed by atoms with E-state index in [1.54, 1.807) is 18.2 Å². The van der Waals surface area contributed by atoms with E-state index in [2.05, 4.69) is 9.44 Å². The normalized spacial score (nSPS) is 15.3. The highest BCUT2D eigenvalue weighted by Gasteiger charge is 2.26. The highest BCUT2D eigenvalue weighted by Crippen LogP contribution is 2.20. The van der Waals surface area contributed by atoms with E-state index in [0.29, 0.717) is 11.3 Å². The summed E-state index contributed by atoms with van der Waals surface area (Å²) in [6.45, 7) is 0. The molecule has 7 heteroatoms. The van der Waals surface area contributed by atoms with Crippen LogP contribution in [0.25, 0.3) is 0 Å². The molecule has 3 N–H and O–H groups in total. The number of hydrogen-bond acceptors (Lipinski definition) is 3. The first-order chi connectivity index (χ1) is 8.44. The van der Waals surface area contributed by atoms with Gasteiger partial charge in [0, 0.05) is 6.04 Å². The van der Waals surface area contributed by atoms with Crippen molar-refractivity contribution in [3.8, 4) is 0 Å². The van der Waals surface area contributed by atoms with Crippen molar-refractivity contribution in [2.24, 2.45) is 0 Å². The van der Waals surface area contributed by atoms with E-state index in [1.165, 1.54) is 6.07 Å². The zero-order valence-electron chi connectivity index (χ0n) is 9.59. The average molecular weight is 270 g/mol. The zero-order chi connectivity index (χ0) is 13.2. The molecule has 0 radical (unpaired) electrons. The monoisotopic (exact) mass is 270 g/mol. The van der Waals surface area contributed by atoms with Crippen molar-refractivity contribution >= 4 is 21.9 Å². The summed E-state index contributed by atoms with van der Waals surface area (Å²) in [4.78, 5) is 10.6. The van der Waals surface area contributed by atoms with Gasteiger partial charge in [0.15, 0.2) is 0 Å². The third-order valence-electron chi connectivity index (χ3n) is 2.43. The molecule has 2 rings (SSSR count). The molecule has 0 unspecified atom stereocenters. The van der Waals surface area contributed by atoms with Crippen molar-refractivity contribution in [1.29, 1.82) is 0 Å². The van der Waals surface area contributed by atoms with Crippen LogP contribution in [0.5, 0.6) is 0 Å². The van der Waals surface area contributed by atoms with Gasteiger partial charge >= 0.3 is 5.97 Å². The van der Waals surface area contributed by atoms with Gasteiger partial charge in [0.2, 0.25) is 0 Å². The molecular weight excluding hydrogens is 256 g/mol. The Kier molecular flexibility index (Phi) is 3.53. The van der Waals surface area contributed by atoms with Gasteiger partial charge in [-0.3, -0.25) is 9.52 Å². The van der Waals surface area contributed by atoms with Gasteiger partial charge in [-0.05, 0) is 30.5 Å². The number of carboxylic acids is 1. The van der Waals surface area contributed by atoms with Crippen molar-refractivity contribution in [3.05, 3.63) is 29.8 Å².